The summed E-state index contributed by atoms with van der Waals surface area (Å²) >= 11 is 0. The number of ether oxygens (including phenoxy) is 1. The first-order valence-corrected chi connectivity index (χ1v) is 17.2. The summed E-state index contributed by atoms with van der Waals surface area (Å²) in [6.07, 6.45) is -0.256. The van der Waals surface area contributed by atoms with E-state index >= 15 is 0 Å². The molecule has 0 saturated heterocycles. The molecule has 8 rings (SSSR count). The van der Waals surface area contributed by atoms with Crippen LogP contribution in [-0.4, -0.2) is 64.0 Å². The van der Waals surface area contributed by atoms with Crippen molar-refractivity contribution in [2.75, 3.05) is 44.0 Å². The molecule has 16 heteroatoms. The van der Waals surface area contributed by atoms with Gasteiger partial charge in [-0.3, -0.25) is 14.0 Å². The number of aryl methyl sites for hydroxylation is 1. The summed E-state index contributed by atoms with van der Waals surface area (Å²) in [4.78, 5) is 23.4. The number of carbonyl (C=O) groups is 1. The van der Waals surface area contributed by atoms with Gasteiger partial charge in [0.2, 0.25) is 5.95 Å². The Morgan fingerprint density at radius 1 is 1.06 bits per heavy atom. The van der Waals surface area contributed by atoms with Crippen LogP contribution in [0.4, 0.5) is 36.3 Å². The fourth-order valence-corrected chi connectivity index (χ4v) is 6.94. The second-order valence-electron chi connectivity index (χ2n) is 10.8. The van der Waals surface area contributed by atoms with Gasteiger partial charge in [-0.05, 0) is 62.6 Å². The highest BCUT2D eigenvalue weighted by molar-refractivity contribution is 7.53. The highest BCUT2D eigenvalue weighted by Gasteiger charge is 2.36. The average Bonchev–Trinajstić information content (AvgIpc) is 3.53. The number of amides is 1. The van der Waals surface area contributed by atoms with Crippen LogP contribution in [0.2, 0.25) is 0 Å². The van der Waals surface area contributed by atoms with Gasteiger partial charge in [0.25, 0.3) is 5.91 Å². The van der Waals surface area contributed by atoms with Crippen LogP contribution in [0.5, 0.6) is 5.75 Å². The molecule has 2 N–H and O–H groups in total. The smallest absolute Gasteiger partial charge is 0.421 e. The van der Waals surface area contributed by atoms with E-state index in [0.717, 1.165) is 0 Å². The number of nitrogens with zero attached hydrogens (tertiary/aromatic N) is 5. The van der Waals surface area contributed by atoms with Crippen molar-refractivity contribution in [3.63, 3.8) is 0 Å². The summed E-state index contributed by atoms with van der Waals surface area (Å²) in [5, 5.41) is 10.1. The lowest BCUT2D eigenvalue weighted by Crippen LogP contribution is -2.31. The Labute approximate surface area is 276 Å². The van der Waals surface area contributed by atoms with Gasteiger partial charge in [0, 0.05) is 37.6 Å². The molecule has 0 spiro atoms. The van der Waals surface area contributed by atoms with E-state index in [1.807, 2.05) is 13.8 Å². The monoisotopic (exact) mass is 687 g/mol. The molecular weight excluding hydrogens is 650 g/mol. The molecule has 1 amide bonds. The molecule has 0 fully saturated rings. The third-order valence-electron chi connectivity index (χ3n) is 7.65. The van der Waals surface area contributed by atoms with Crippen molar-refractivity contribution in [1.82, 2.24) is 24.6 Å². The number of rotatable bonds is 6. The Bertz CT molecular complexity index is 1810. The molecule has 0 aliphatic carbocycles. The average molecular weight is 688 g/mol. The summed E-state index contributed by atoms with van der Waals surface area (Å²) in [6, 6.07) is 9.77. The first kappa shape index (κ1) is 34.9. The molecular formula is C32H37F3N7O5P. The predicted molar refractivity (Wildman–Crippen MR) is 175 cm³/mol. The van der Waals surface area contributed by atoms with E-state index in [1.54, 1.807) is 65.3 Å². The molecule has 0 saturated carbocycles. The van der Waals surface area contributed by atoms with E-state index in [1.165, 1.54) is 7.11 Å². The molecule has 4 aliphatic rings. The van der Waals surface area contributed by atoms with Gasteiger partial charge in [0.05, 0.1) is 49.6 Å². The first-order valence-electron chi connectivity index (χ1n) is 15.5. The number of aromatic nitrogens is 4. The van der Waals surface area contributed by atoms with Gasteiger partial charge < -0.3 is 29.3 Å². The van der Waals surface area contributed by atoms with Crippen LogP contribution in [-0.2, 0) is 32.5 Å². The highest BCUT2D eigenvalue weighted by Crippen LogP contribution is 2.52. The molecule has 1 atom stereocenters. The Balaban J connectivity index is 1.64. The maximum absolute atomic E-state index is 14.2. The molecule has 0 radical (unpaired) electrons. The second-order valence-corrected chi connectivity index (χ2v) is 12.9. The van der Waals surface area contributed by atoms with E-state index < -0.39 is 25.2 Å². The van der Waals surface area contributed by atoms with E-state index in [9.17, 15) is 22.5 Å². The number of alkyl halides is 3. The number of halogens is 3. The highest BCUT2D eigenvalue weighted by atomic mass is 31.2. The lowest BCUT2D eigenvalue weighted by atomic mass is 10.0. The molecule has 0 unspecified atom stereocenters. The van der Waals surface area contributed by atoms with Crippen molar-refractivity contribution < 1.29 is 36.3 Å². The molecule has 48 heavy (non-hydrogen) atoms. The number of nitrogens with one attached hydrogen (secondary N) is 2. The van der Waals surface area contributed by atoms with Crippen LogP contribution in [0.3, 0.4) is 0 Å². The number of benzene rings is 2. The van der Waals surface area contributed by atoms with Crippen LogP contribution in [0.25, 0.3) is 11.1 Å². The van der Waals surface area contributed by atoms with Gasteiger partial charge in [-0.25, -0.2) is 4.98 Å². The maximum Gasteiger partial charge on any atom is 0.421 e. The van der Waals surface area contributed by atoms with Crippen molar-refractivity contribution in [2.24, 2.45) is 0 Å². The third kappa shape index (κ3) is 7.97. The van der Waals surface area contributed by atoms with Crippen molar-refractivity contribution >= 4 is 36.6 Å². The van der Waals surface area contributed by atoms with Gasteiger partial charge >= 0.3 is 13.8 Å². The fraction of sp³-hybridized carbons (Fsp3) is 0.375. The molecule has 4 aromatic rings. The lowest BCUT2D eigenvalue weighted by molar-refractivity contribution is -0.137. The minimum atomic E-state index is -4.81. The van der Waals surface area contributed by atoms with Gasteiger partial charge in [0.1, 0.15) is 17.1 Å². The van der Waals surface area contributed by atoms with Crippen molar-refractivity contribution in [3.8, 4) is 16.9 Å². The standard InChI is InChI=1S/C32H37F3N7O5P/c1-5-41(6-2)30(43)24-16-22-10-12-26(24)38-29-25(32(33,34)35)18-36-31(40-29)39-27-11-9-21(15-28(27)45-4)20-48(44,46-7-3)47-14-8-13-42-19-23(22)17-37-42/h9-12,15-19H,5-8,13-14,20H2,1-4H3,(H2,36,38,39,40)/t48-/m1/s1. The van der Waals surface area contributed by atoms with Gasteiger partial charge in [-0.2, -0.15) is 23.3 Å². The quantitative estimate of drug-likeness (QED) is 0.197. The molecule has 6 heterocycles. The second kappa shape index (κ2) is 14.8. The number of anilines is 4. The fourth-order valence-electron chi connectivity index (χ4n) is 5.23. The van der Waals surface area contributed by atoms with Crippen molar-refractivity contribution in [2.45, 2.75) is 46.1 Å². The molecule has 8 bridgehead atoms. The third-order valence-corrected chi connectivity index (χ3v) is 9.63. The van der Waals surface area contributed by atoms with Crippen LogP contribution in [0, 0.1) is 0 Å². The summed E-state index contributed by atoms with van der Waals surface area (Å²) in [7, 11) is -2.13. The summed E-state index contributed by atoms with van der Waals surface area (Å²) in [5.74, 6) is -0.787. The first-order chi connectivity index (χ1) is 23.0. The number of hydrogen-bond acceptors (Lipinski definition) is 10. The zero-order valence-electron chi connectivity index (χ0n) is 27.0. The van der Waals surface area contributed by atoms with E-state index in [-0.39, 0.29) is 42.5 Å². The lowest BCUT2D eigenvalue weighted by Gasteiger charge is -2.22. The van der Waals surface area contributed by atoms with Crippen LogP contribution < -0.4 is 15.4 Å². The largest absolute Gasteiger partial charge is 0.495 e. The predicted octanol–water partition coefficient (Wildman–Crippen LogP) is 7.49. The Hall–Kier alpha value is -4.46. The zero-order chi connectivity index (χ0) is 34.5. The van der Waals surface area contributed by atoms with Crippen molar-refractivity contribution in [3.05, 3.63) is 71.7 Å². The van der Waals surface area contributed by atoms with Crippen LogP contribution >= 0.6 is 7.60 Å². The van der Waals surface area contributed by atoms with Gasteiger partial charge in [0.15, 0.2) is 0 Å². The van der Waals surface area contributed by atoms with Crippen LogP contribution in [0.1, 0.15) is 48.7 Å². The SMILES string of the molecule is CCO[P@]1(=O)Cc2ccc(c(OC)c2)Nc2ncc(C(F)(F)F)c(n2)Nc2ccc(cc2C(=O)N(CC)CC)-c2cnn(c2)CCCO1. The minimum Gasteiger partial charge on any atom is -0.495 e. The molecule has 4 aliphatic heterocycles. The number of hydrogen-bond donors (Lipinski definition) is 2. The molecule has 2 aromatic heterocycles. The van der Waals surface area contributed by atoms with Gasteiger partial charge in [-0.15, -0.1) is 0 Å². The van der Waals surface area contributed by atoms with E-state index in [4.69, 9.17) is 13.8 Å². The molecule has 2 aromatic carbocycles. The zero-order valence-corrected chi connectivity index (χ0v) is 27.9. The van der Waals surface area contributed by atoms with E-state index in [2.05, 4.69) is 25.7 Å². The Kier molecular flexibility index (Phi) is 10.7. The topological polar surface area (TPSA) is 133 Å². The molecule has 12 nitrogen and oxygen atoms in total. The maximum atomic E-state index is 14.2. The number of carbonyl (C=O) groups excluding carboxylic acids is 1. The van der Waals surface area contributed by atoms with Crippen molar-refractivity contribution in [1.29, 1.82) is 0 Å². The normalized spacial score (nSPS) is 16.7. The Morgan fingerprint density at radius 2 is 1.83 bits per heavy atom. The van der Waals surface area contributed by atoms with Gasteiger partial charge in [-0.1, -0.05) is 12.1 Å². The summed E-state index contributed by atoms with van der Waals surface area (Å²) < 4.78 is 74.9. The Morgan fingerprint density at radius 3 is 2.54 bits per heavy atom. The summed E-state index contributed by atoms with van der Waals surface area (Å²) in [6.45, 7) is 6.94. The molecule has 256 valence electrons. The number of methoxy groups -OCH3 is 1. The van der Waals surface area contributed by atoms with Crippen LogP contribution in [0.15, 0.2) is 55.0 Å². The van der Waals surface area contributed by atoms with E-state index in [0.29, 0.717) is 60.4 Å². The summed E-state index contributed by atoms with van der Waals surface area (Å²) in [5.41, 5.74) is 1.45. The minimum absolute atomic E-state index is 0.0294.